The minimum absolute atomic E-state index is 0.0791. The summed E-state index contributed by atoms with van der Waals surface area (Å²) >= 11 is 0. The summed E-state index contributed by atoms with van der Waals surface area (Å²) in [5.74, 6) is -0.487. The van der Waals surface area contributed by atoms with Crippen LogP contribution in [0.15, 0.2) is 22.6 Å². The van der Waals surface area contributed by atoms with Crippen molar-refractivity contribution >= 4 is 17.8 Å². The van der Waals surface area contributed by atoms with E-state index in [0.717, 1.165) is 32.3 Å². The zero-order valence-corrected chi connectivity index (χ0v) is 11.4. The van der Waals surface area contributed by atoms with E-state index >= 15 is 0 Å². The second-order valence-electron chi connectivity index (χ2n) is 4.88. The Hall–Kier alpha value is -1.92. The molecule has 1 saturated heterocycles. The molecule has 6 heteroatoms. The highest BCUT2D eigenvalue weighted by Gasteiger charge is 2.19. The van der Waals surface area contributed by atoms with Crippen molar-refractivity contribution in [3.8, 4) is 0 Å². The van der Waals surface area contributed by atoms with Crippen LogP contribution in [0.4, 0.5) is 0 Å². The molecule has 0 bridgehead atoms. The van der Waals surface area contributed by atoms with Crippen molar-refractivity contribution in [1.82, 2.24) is 9.80 Å². The van der Waals surface area contributed by atoms with E-state index in [1.165, 1.54) is 6.08 Å². The Kier molecular flexibility index (Phi) is 4.70. The number of aliphatic carboxylic acids is 1. The molecule has 2 heterocycles. The SMILES string of the molecule is CN1CCN(CC(=O)c2ccc(/C=C/C(=O)O)o2)CC1. The van der Waals surface area contributed by atoms with Gasteiger partial charge in [-0.05, 0) is 25.3 Å². The van der Waals surface area contributed by atoms with Crippen LogP contribution in [-0.4, -0.2) is 66.4 Å². The summed E-state index contributed by atoms with van der Waals surface area (Å²) in [6.45, 7) is 3.99. The lowest BCUT2D eigenvalue weighted by Crippen LogP contribution is -2.46. The van der Waals surface area contributed by atoms with Gasteiger partial charge in [0.25, 0.3) is 0 Å². The third kappa shape index (κ3) is 4.04. The van der Waals surface area contributed by atoms with Crippen molar-refractivity contribution in [2.24, 2.45) is 0 Å². The van der Waals surface area contributed by atoms with Gasteiger partial charge in [0.1, 0.15) is 5.76 Å². The van der Waals surface area contributed by atoms with Crippen molar-refractivity contribution in [3.63, 3.8) is 0 Å². The first-order valence-electron chi connectivity index (χ1n) is 6.49. The molecule has 0 aliphatic carbocycles. The van der Waals surface area contributed by atoms with E-state index in [2.05, 4.69) is 16.8 Å². The zero-order chi connectivity index (χ0) is 14.5. The monoisotopic (exact) mass is 278 g/mol. The number of furan rings is 1. The number of nitrogens with zero attached hydrogens (tertiary/aromatic N) is 2. The molecule has 1 N–H and O–H groups in total. The van der Waals surface area contributed by atoms with Crippen molar-refractivity contribution in [2.75, 3.05) is 39.8 Å². The van der Waals surface area contributed by atoms with Gasteiger partial charge in [0.05, 0.1) is 6.54 Å². The van der Waals surface area contributed by atoms with E-state index in [1.54, 1.807) is 12.1 Å². The molecule has 0 atom stereocenters. The Bertz CT molecular complexity index is 513. The predicted octanol–water partition coefficient (Wildman–Crippen LogP) is 0.808. The molecule has 0 radical (unpaired) electrons. The number of carboxylic acids is 1. The lowest BCUT2D eigenvalue weighted by Gasteiger charge is -2.31. The summed E-state index contributed by atoms with van der Waals surface area (Å²) < 4.78 is 5.32. The van der Waals surface area contributed by atoms with Crippen LogP contribution in [0.1, 0.15) is 16.3 Å². The van der Waals surface area contributed by atoms with Gasteiger partial charge in [0.2, 0.25) is 5.78 Å². The van der Waals surface area contributed by atoms with Crippen LogP contribution in [0.2, 0.25) is 0 Å². The molecule has 6 nitrogen and oxygen atoms in total. The molecule has 1 fully saturated rings. The second kappa shape index (κ2) is 6.49. The number of carbonyl (C=O) groups is 2. The summed E-state index contributed by atoms with van der Waals surface area (Å²) in [5.41, 5.74) is 0. The maximum absolute atomic E-state index is 12.1. The van der Waals surface area contributed by atoms with Gasteiger partial charge in [-0.1, -0.05) is 0 Å². The van der Waals surface area contributed by atoms with Crippen LogP contribution >= 0.6 is 0 Å². The number of likely N-dealkylation sites (N-methyl/N-ethyl adjacent to an activating group) is 1. The summed E-state index contributed by atoms with van der Waals surface area (Å²) in [5, 5.41) is 8.52. The summed E-state index contributed by atoms with van der Waals surface area (Å²) in [6, 6.07) is 3.18. The Labute approximate surface area is 117 Å². The summed E-state index contributed by atoms with van der Waals surface area (Å²) in [4.78, 5) is 26.8. The molecular formula is C14H18N2O4. The van der Waals surface area contributed by atoms with E-state index in [-0.39, 0.29) is 11.5 Å². The van der Waals surface area contributed by atoms with Gasteiger partial charge in [0, 0.05) is 32.3 Å². The van der Waals surface area contributed by atoms with Crippen molar-refractivity contribution in [2.45, 2.75) is 0 Å². The molecule has 1 aliphatic heterocycles. The van der Waals surface area contributed by atoms with Gasteiger partial charge in [-0.15, -0.1) is 0 Å². The summed E-state index contributed by atoms with van der Waals surface area (Å²) in [6.07, 6.45) is 2.31. The molecule has 1 aliphatic rings. The molecule has 1 aromatic rings. The van der Waals surface area contributed by atoms with Crippen molar-refractivity contribution in [3.05, 3.63) is 29.7 Å². The van der Waals surface area contributed by atoms with Gasteiger partial charge in [-0.2, -0.15) is 0 Å². The molecule has 2 rings (SSSR count). The number of hydrogen-bond acceptors (Lipinski definition) is 5. The van der Waals surface area contributed by atoms with Crippen LogP contribution in [-0.2, 0) is 4.79 Å². The Balaban J connectivity index is 1.91. The number of carbonyl (C=O) groups excluding carboxylic acids is 1. The minimum atomic E-state index is -1.05. The molecule has 0 unspecified atom stereocenters. The van der Waals surface area contributed by atoms with E-state index in [1.807, 2.05) is 0 Å². The average Bonchev–Trinajstić information content (AvgIpc) is 2.88. The number of piperazine rings is 1. The van der Waals surface area contributed by atoms with Crippen LogP contribution in [0, 0.1) is 0 Å². The Morgan fingerprint density at radius 1 is 1.30 bits per heavy atom. The lowest BCUT2D eigenvalue weighted by atomic mass is 10.2. The maximum atomic E-state index is 12.1. The van der Waals surface area contributed by atoms with Crippen LogP contribution < -0.4 is 0 Å². The lowest BCUT2D eigenvalue weighted by molar-refractivity contribution is -0.131. The highest BCUT2D eigenvalue weighted by molar-refractivity contribution is 5.95. The fourth-order valence-corrected chi connectivity index (χ4v) is 2.03. The molecule has 1 aromatic heterocycles. The van der Waals surface area contributed by atoms with Gasteiger partial charge >= 0.3 is 5.97 Å². The average molecular weight is 278 g/mol. The quantitative estimate of drug-likeness (QED) is 0.634. The highest BCUT2D eigenvalue weighted by atomic mass is 16.4. The third-order valence-electron chi connectivity index (χ3n) is 3.25. The topological polar surface area (TPSA) is 74.0 Å². The third-order valence-corrected chi connectivity index (χ3v) is 3.25. The normalized spacial score (nSPS) is 17.6. The molecule has 0 saturated carbocycles. The zero-order valence-electron chi connectivity index (χ0n) is 11.4. The number of Topliss-reactive ketones (excluding diaryl/α,β-unsaturated/α-hetero) is 1. The summed E-state index contributed by atoms with van der Waals surface area (Å²) in [7, 11) is 2.06. The van der Waals surface area contributed by atoms with Gasteiger partial charge in [0.15, 0.2) is 5.76 Å². The molecule has 0 aromatic carbocycles. The standard InChI is InChI=1S/C14H18N2O4/c1-15-6-8-16(9-7-15)10-12(17)13-4-2-11(20-13)3-5-14(18)19/h2-5H,6-10H2,1H3,(H,18,19)/b5-3+. The van der Waals surface area contributed by atoms with E-state index in [4.69, 9.17) is 9.52 Å². The minimum Gasteiger partial charge on any atom is -0.478 e. The van der Waals surface area contributed by atoms with Gasteiger partial charge in [-0.25, -0.2) is 4.79 Å². The smallest absolute Gasteiger partial charge is 0.328 e. The van der Waals surface area contributed by atoms with Gasteiger partial charge < -0.3 is 14.4 Å². The van der Waals surface area contributed by atoms with Crippen LogP contribution in [0.3, 0.4) is 0 Å². The first-order valence-corrected chi connectivity index (χ1v) is 6.49. The van der Waals surface area contributed by atoms with E-state index < -0.39 is 5.97 Å². The van der Waals surface area contributed by atoms with Crippen molar-refractivity contribution in [1.29, 1.82) is 0 Å². The molecular weight excluding hydrogens is 260 g/mol. The Morgan fingerprint density at radius 3 is 2.65 bits per heavy atom. The number of hydrogen-bond donors (Lipinski definition) is 1. The van der Waals surface area contributed by atoms with Crippen LogP contribution in [0.25, 0.3) is 6.08 Å². The first-order chi connectivity index (χ1) is 9.54. The second-order valence-corrected chi connectivity index (χ2v) is 4.88. The van der Waals surface area contributed by atoms with E-state index in [0.29, 0.717) is 12.3 Å². The van der Waals surface area contributed by atoms with Gasteiger partial charge in [-0.3, -0.25) is 9.69 Å². The molecule has 20 heavy (non-hydrogen) atoms. The van der Waals surface area contributed by atoms with Crippen molar-refractivity contribution < 1.29 is 19.1 Å². The number of rotatable bonds is 5. The highest BCUT2D eigenvalue weighted by Crippen LogP contribution is 2.11. The molecule has 0 spiro atoms. The largest absolute Gasteiger partial charge is 0.478 e. The number of carboxylic acid groups (broad SMARTS) is 1. The van der Waals surface area contributed by atoms with E-state index in [9.17, 15) is 9.59 Å². The fraction of sp³-hybridized carbons (Fsp3) is 0.429. The number of ketones is 1. The fourth-order valence-electron chi connectivity index (χ4n) is 2.03. The molecule has 0 amide bonds. The molecule has 108 valence electrons. The predicted molar refractivity (Wildman–Crippen MR) is 73.6 cm³/mol. The Morgan fingerprint density at radius 2 is 2.00 bits per heavy atom. The van der Waals surface area contributed by atoms with Crippen LogP contribution in [0.5, 0.6) is 0 Å². The maximum Gasteiger partial charge on any atom is 0.328 e. The first kappa shape index (κ1) is 14.5.